The molecule has 2 amide bonds. The van der Waals surface area contributed by atoms with Crippen LogP contribution in [-0.2, 0) is 16.1 Å². The number of carbonyl (C=O) groups excluding carboxylic acids is 2. The van der Waals surface area contributed by atoms with Gasteiger partial charge in [0, 0.05) is 17.6 Å². The number of hydrogen-bond donors (Lipinski definition) is 1. The summed E-state index contributed by atoms with van der Waals surface area (Å²) in [5.74, 6) is -0.0363. The molecule has 0 aliphatic heterocycles. The topological polar surface area (TPSA) is 58.6 Å². The van der Waals surface area contributed by atoms with Crippen molar-refractivity contribution in [3.05, 3.63) is 62.1 Å². The van der Waals surface area contributed by atoms with Crippen LogP contribution in [0.1, 0.15) is 37.5 Å². The van der Waals surface area contributed by atoms with Crippen LogP contribution < -0.4 is 10.1 Å². The molecule has 0 radical (unpaired) electrons. The molecule has 0 aliphatic rings. The van der Waals surface area contributed by atoms with Crippen LogP contribution in [0.2, 0.25) is 15.1 Å². The number of hydrogen-bond acceptors (Lipinski definition) is 3. The smallest absolute Gasteiger partial charge is 0.261 e. The molecule has 1 N–H and O–H groups in total. The van der Waals surface area contributed by atoms with Gasteiger partial charge in [-0.25, -0.2) is 0 Å². The van der Waals surface area contributed by atoms with E-state index in [9.17, 15) is 9.59 Å². The minimum atomic E-state index is -0.707. The van der Waals surface area contributed by atoms with Gasteiger partial charge in [-0.1, -0.05) is 40.9 Å². The Labute approximate surface area is 198 Å². The average Bonchev–Trinajstić information content (AvgIpc) is 2.69. The van der Waals surface area contributed by atoms with Crippen LogP contribution in [-0.4, -0.2) is 35.4 Å². The predicted octanol–water partition coefficient (Wildman–Crippen LogP) is 5.58. The largest absolute Gasteiger partial charge is 0.484 e. The number of benzene rings is 2. The highest BCUT2D eigenvalue weighted by molar-refractivity contribution is 6.42. The Morgan fingerprint density at radius 1 is 1.00 bits per heavy atom. The van der Waals surface area contributed by atoms with Crippen molar-refractivity contribution in [3.8, 4) is 5.75 Å². The molecule has 0 aliphatic carbocycles. The zero-order valence-electron chi connectivity index (χ0n) is 18.3. The lowest BCUT2D eigenvalue weighted by molar-refractivity contribution is -0.142. The van der Waals surface area contributed by atoms with E-state index in [0.29, 0.717) is 20.8 Å². The number of nitrogens with zero attached hydrogens (tertiary/aromatic N) is 1. The third-order valence-electron chi connectivity index (χ3n) is 4.71. The summed E-state index contributed by atoms with van der Waals surface area (Å²) in [7, 11) is 0. The first-order valence-corrected chi connectivity index (χ1v) is 11.1. The maximum absolute atomic E-state index is 13.1. The summed E-state index contributed by atoms with van der Waals surface area (Å²) >= 11 is 18.3. The molecule has 0 fully saturated rings. The zero-order chi connectivity index (χ0) is 23.3. The molecule has 0 spiro atoms. The number of carbonyl (C=O) groups is 2. The van der Waals surface area contributed by atoms with Crippen molar-refractivity contribution in [2.24, 2.45) is 0 Å². The molecule has 8 heteroatoms. The maximum Gasteiger partial charge on any atom is 0.261 e. The summed E-state index contributed by atoms with van der Waals surface area (Å²) in [5.41, 5.74) is 2.48. The molecule has 0 saturated heterocycles. The van der Waals surface area contributed by atoms with Gasteiger partial charge < -0.3 is 15.0 Å². The standard InChI is InChI=1S/C23H27Cl3N2O3/c1-13(2)27-23(30)16(5)28(11-17-6-7-19(24)20(25)10-17)21(29)12-31-18-8-14(3)22(26)15(4)9-18/h6-10,13,16H,11-12H2,1-5H3,(H,27,30)/t16-/m0/s1. The zero-order valence-corrected chi connectivity index (χ0v) is 20.5. The van der Waals surface area contributed by atoms with Crippen LogP contribution in [0.4, 0.5) is 0 Å². The van der Waals surface area contributed by atoms with E-state index in [-0.39, 0.29) is 31.0 Å². The monoisotopic (exact) mass is 484 g/mol. The second kappa shape index (κ2) is 11.1. The second-order valence-corrected chi connectivity index (χ2v) is 8.96. The van der Waals surface area contributed by atoms with E-state index in [1.807, 2.05) is 27.7 Å². The first kappa shape index (κ1) is 25.3. The van der Waals surface area contributed by atoms with Gasteiger partial charge in [0.25, 0.3) is 5.91 Å². The van der Waals surface area contributed by atoms with Gasteiger partial charge in [-0.2, -0.15) is 0 Å². The first-order chi connectivity index (χ1) is 14.5. The lowest BCUT2D eigenvalue weighted by Gasteiger charge is -2.29. The van der Waals surface area contributed by atoms with Crippen molar-refractivity contribution >= 4 is 46.6 Å². The molecule has 0 aromatic heterocycles. The number of rotatable bonds is 8. The highest BCUT2D eigenvalue weighted by Gasteiger charge is 2.27. The molecule has 5 nitrogen and oxygen atoms in total. The Balaban J connectivity index is 2.22. The van der Waals surface area contributed by atoms with Gasteiger partial charge in [-0.15, -0.1) is 0 Å². The van der Waals surface area contributed by atoms with Crippen LogP contribution in [0.25, 0.3) is 0 Å². The summed E-state index contributed by atoms with van der Waals surface area (Å²) in [5, 5.41) is 4.31. The molecule has 2 aromatic carbocycles. The Hall–Kier alpha value is -1.95. The molecule has 2 aromatic rings. The number of aryl methyl sites for hydroxylation is 2. The number of ether oxygens (including phenoxy) is 1. The number of nitrogens with one attached hydrogen (secondary N) is 1. The summed E-state index contributed by atoms with van der Waals surface area (Å²) in [6.07, 6.45) is 0. The Morgan fingerprint density at radius 3 is 2.16 bits per heavy atom. The minimum absolute atomic E-state index is 0.0480. The van der Waals surface area contributed by atoms with Gasteiger partial charge in [-0.05, 0) is 75.6 Å². The highest BCUT2D eigenvalue weighted by Crippen LogP contribution is 2.26. The van der Waals surface area contributed by atoms with E-state index in [1.54, 1.807) is 37.3 Å². The lowest BCUT2D eigenvalue weighted by Crippen LogP contribution is -2.50. The molecule has 31 heavy (non-hydrogen) atoms. The van der Waals surface area contributed by atoms with Crippen LogP contribution in [0, 0.1) is 13.8 Å². The fourth-order valence-electron chi connectivity index (χ4n) is 3.04. The lowest BCUT2D eigenvalue weighted by atomic mass is 10.1. The Morgan fingerprint density at radius 2 is 1.61 bits per heavy atom. The number of halogens is 3. The van der Waals surface area contributed by atoms with Crippen molar-refractivity contribution in [2.75, 3.05) is 6.61 Å². The molecular weight excluding hydrogens is 459 g/mol. The molecule has 0 heterocycles. The molecule has 1 atom stereocenters. The molecule has 0 unspecified atom stereocenters. The van der Waals surface area contributed by atoms with Crippen LogP contribution in [0.5, 0.6) is 5.75 Å². The van der Waals surface area contributed by atoms with Crippen LogP contribution in [0.15, 0.2) is 30.3 Å². The van der Waals surface area contributed by atoms with Gasteiger partial charge in [0.2, 0.25) is 5.91 Å². The maximum atomic E-state index is 13.1. The Kier molecular flexibility index (Phi) is 9.04. The SMILES string of the molecule is Cc1cc(OCC(=O)N(Cc2ccc(Cl)c(Cl)c2)[C@@H](C)C(=O)NC(C)C)cc(C)c1Cl. The third kappa shape index (κ3) is 7.03. The molecular formula is C23H27Cl3N2O3. The van der Waals surface area contributed by atoms with Gasteiger partial charge in [0.1, 0.15) is 11.8 Å². The first-order valence-electron chi connectivity index (χ1n) is 9.93. The van der Waals surface area contributed by atoms with E-state index in [2.05, 4.69) is 5.32 Å². The van der Waals surface area contributed by atoms with E-state index in [4.69, 9.17) is 39.5 Å². The fraction of sp³-hybridized carbons (Fsp3) is 0.391. The van der Waals surface area contributed by atoms with Gasteiger partial charge in [0.15, 0.2) is 6.61 Å². The summed E-state index contributed by atoms with van der Waals surface area (Å²) < 4.78 is 5.73. The fourth-order valence-corrected chi connectivity index (χ4v) is 3.47. The second-order valence-electron chi connectivity index (χ2n) is 7.77. The van der Waals surface area contributed by atoms with Crippen molar-refractivity contribution < 1.29 is 14.3 Å². The predicted molar refractivity (Wildman–Crippen MR) is 126 cm³/mol. The summed E-state index contributed by atoms with van der Waals surface area (Å²) in [4.78, 5) is 27.1. The highest BCUT2D eigenvalue weighted by atomic mass is 35.5. The van der Waals surface area contributed by atoms with Crippen molar-refractivity contribution in [1.82, 2.24) is 10.2 Å². The minimum Gasteiger partial charge on any atom is -0.484 e. The van der Waals surface area contributed by atoms with Crippen LogP contribution >= 0.6 is 34.8 Å². The average molecular weight is 486 g/mol. The third-order valence-corrected chi connectivity index (χ3v) is 6.04. The molecule has 0 saturated carbocycles. The van der Waals surface area contributed by atoms with Gasteiger partial charge in [-0.3, -0.25) is 9.59 Å². The Bertz CT molecular complexity index is 940. The number of amides is 2. The molecule has 0 bridgehead atoms. The summed E-state index contributed by atoms with van der Waals surface area (Å²) in [6.45, 7) is 9.13. The van der Waals surface area contributed by atoms with Gasteiger partial charge in [0.05, 0.1) is 10.0 Å². The summed E-state index contributed by atoms with van der Waals surface area (Å²) in [6, 6.07) is 7.92. The van der Waals surface area contributed by atoms with Gasteiger partial charge >= 0.3 is 0 Å². The van der Waals surface area contributed by atoms with E-state index in [1.165, 1.54) is 4.90 Å². The van der Waals surface area contributed by atoms with E-state index in [0.717, 1.165) is 16.7 Å². The van der Waals surface area contributed by atoms with E-state index >= 15 is 0 Å². The van der Waals surface area contributed by atoms with Crippen molar-refractivity contribution in [1.29, 1.82) is 0 Å². The van der Waals surface area contributed by atoms with Crippen molar-refractivity contribution in [3.63, 3.8) is 0 Å². The molecule has 2 rings (SSSR count). The van der Waals surface area contributed by atoms with E-state index < -0.39 is 6.04 Å². The van der Waals surface area contributed by atoms with Crippen molar-refractivity contribution in [2.45, 2.75) is 53.2 Å². The quantitative estimate of drug-likeness (QED) is 0.531. The molecule has 168 valence electrons. The normalized spacial score (nSPS) is 11.9. The van der Waals surface area contributed by atoms with Crippen LogP contribution in [0.3, 0.4) is 0 Å².